The van der Waals surface area contributed by atoms with Crippen molar-refractivity contribution in [1.82, 2.24) is 9.97 Å². The van der Waals surface area contributed by atoms with Gasteiger partial charge in [0.2, 0.25) is 0 Å². The molecule has 0 unspecified atom stereocenters. The van der Waals surface area contributed by atoms with Crippen molar-refractivity contribution in [2.45, 2.75) is 44.2 Å². The van der Waals surface area contributed by atoms with Gasteiger partial charge in [-0.1, -0.05) is 32.0 Å². The molecule has 6 nitrogen and oxygen atoms in total. The highest BCUT2D eigenvalue weighted by molar-refractivity contribution is 5.61. The molecule has 0 radical (unpaired) electrons. The number of rotatable bonds is 2. The number of hydrogen-bond donors (Lipinski definition) is 3. The number of fused-ring (bicyclic) bond motifs is 1. The Morgan fingerprint density at radius 3 is 2.64 bits per heavy atom. The van der Waals surface area contributed by atoms with E-state index in [0.717, 1.165) is 37.3 Å². The van der Waals surface area contributed by atoms with E-state index in [0.29, 0.717) is 5.82 Å². The zero-order valence-corrected chi connectivity index (χ0v) is 14.7. The Morgan fingerprint density at radius 1 is 1.28 bits per heavy atom. The smallest absolute Gasteiger partial charge is 0.291 e. The Morgan fingerprint density at radius 2 is 2.00 bits per heavy atom. The highest BCUT2D eigenvalue weighted by Gasteiger charge is 2.46. The molecule has 4 rings (SSSR count). The lowest BCUT2D eigenvalue weighted by Gasteiger charge is -2.42. The summed E-state index contributed by atoms with van der Waals surface area (Å²) in [5.74, 6) is 0.779. The minimum atomic E-state index is -0.120. The van der Waals surface area contributed by atoms with Crippen molar-refractivity contribution < 1.29 is 0 Å². The third kappa shape index (κ3) is 2.61. The molecule has 1 aromatic carbocycles. The first kappa shape index (κ1) is 16.1. The summed E-state index contributed by atoms with van der Waals surface area (Å²) in [5, 5.41) is 3.65. The Bertz CT molecular complexity index is 836. The van der Waals surface area contributed by atoms with Gasteiger partial charge in [-0.15, -0.1) is 0 Å². The fourth-order valence-electron chi connectivity index (χ4n) is 4.01. The van der Waals surface area contributed by atoms with E-state index in [-0.39, 0.29) is 23.1 Å². The minimum absolute atomic E-state index is 0.0135. The number of H-pyrrole nitrogens is 1. The van der Waals surface area contributed by atoms with Crippen LogP contribution in [0.3, 0.4) is 0 Å². The summed E-state index contributed by atoms with van der Waals surface area (Å²) in [6, 6.07) is 8.25. The van der Waals surface area contributed by atoms with Gasteiger partial charge >= 0.3 is 0 Å². The average Bonchev–Trinajstić information content (AvgIpc) is 2.88. The first-order valence-electron chi connectivity index (χ1n) is 8.97. The molecule has 2 aliphatic heterocycles. The topological polar surface area (TPSA) is 87.0 Å². The Labute approximate surface area is 147 Å². The van der Waals surface area contributed by atoms with Crippen LogP contribution in [0.1, 0.15) is 49.9 Å². The van der Waals surface area contributed by atoms with Gasteiger partial charge in [-0.25, -0.2) is 4.98 Å². The van der Waals surface area contributed by atoms with E-state index >= 15 is 0 Å². The second-order valence-electron chi connectivity index (χ2n) is 7.48. The van der Waals surface area contributed by atoms with Gasteiger partial charge in [0.1, 0.15) is 0 Å². The van der Waals surface area contributed by atoms with Gasteiger partial charge in [0, 0.05) is 30.7 Å². The van der Waals surface area contributed by atoms with Gasteiger partial charge in [-0.3, -0.25) is 4.79 Å². The van der Waals surface area contributed by atoms with E-state index in [2.05, 4.69) is 32.3 Å². The van der Waals surface area contributed by atoms with Crippen molar-refractivity contribution in [3.8, 4) is 0 Å². The second kappa shape index (κ2) is 5.88. The molecule has 1 fully saturated rings. The van der Waals surface area contributed by atoms with E-state index in [1.165, 1.54) is 5.56 Å². The number of nitrogens with one attached hydrogen (secondary N) is 2. The highest BCUT2D eigenvalue weighted by atomic mass is 16.1. The molecule has 132 valence electrons. The molecule has 0 saturated carbocycles. The lowest BCUT2D eigenvalue weighted by molar-refractivity contribution is 0.322. The SMILES string of the molecule is CC(C)c1cnc(N2CCC3(CC2)Nc2ccccc2[C@H]3N)c(=O)[nH]1. The predicted octanol–water partition coefficient (Wildman–Crippen LogP) is 2.36. The van der Waals surface area contributed by atoms with Crippen molar-refractivity contribution >= 4 is 11.5 Å². The van der Waals surface area contributed by atoms with Gasteiger partial charge in [0.05, 0.1) is 11.6 Å². The van der Waals surface area contributed by atoms with E-state index in [1.54, 1.807) is 6.20 Å². The number of nitrogens with two attached hydrogens (primary N) is 1. The summed E-state index contributed by atoms with van der Waals surface area (Å²) in [7, 11) is 0. The van der Waals surface area contributed by atoms with Crippen LogP contribution in [0.2, 0.25) is 0 Å². The molecule has 0 bridgehead atoms. The number of hydrogen-bond acceptors (Lipinski definition) is 5. The predicted molar refractivity (Wildman–Crippen MR) is 100 cm³/mol. The number of aromatic nitrogens is 2. The Kier molecular flexibility index (Phi) is 3.80. The van der Waals surface area contributed by atoms with Crippen LogP contribution in [0.5, 0.6) is 0 Å². The van der Waals surface area contributed by atoms with Crippen LogP contribution in [0.25, 0.3) is 0 Å². The van der Waals surface area contributed by atoms with E-state index < -0.39 is 0 Å². The van der Waals surface area contributed by atoms with Crippen LogP contribution >= 0.6 is 0 Å². The molecule has 1 aromatic heterocycles. The molecule has 4 N–H and O–H groups in total. The molecule has 25 heavy (non-hydrogen) atoms. The molecule has 2 aliphatic rings. The van der Waals surface area contributed by atoms with E-state index in [4.69, 9.17) is 5.73 Å². The van der Waals surface area contributed by atoms with Gasteiger partial charge in [0.15, 0.2) is 5.82 Å². The third-order valence-electron chi connectivity index (χ3n) is 5.64. The van der Waals surface area contributed by atoms with Crippen LogP contribution in [-0.2, 0) is 0 Å². The van der Waals surface area contributed by atoms with Gasteiger partial charge in [-0.05, 0) is 30.4 Å². The molecule has 1 atom stereocenters. The summed E-state index contributed by atoms with van der Waals surface area (Å²) in [6.45, 7) is 5.63. The standard InChI is InChI=1S/C19H25N5O/c1-12(2)15-11-21-17(18(25)22-15)24-9-7-19(8-10-24)16(20)13-5-3-4-6-14(13)23-19/h3-6,11-12,16,23H,7-10,20H2,1-2H3,(H,22,25)/t16-/m1/s1. The summed E-state index contributed by atoms with van der Waals surface area (Å²) < 4.78 is 0. The molecular weight excluding hydrogens is 314 g/mol. The first-order valence-corrected chi connectivity index (χ1v) is 8.97. The summed E-state index contributed by atoms with van der Waals surface area (Å²) >= 11 is 0. The van der Waals surface area contributed by atoms with E-state index in [9.17, 15) is 4.79 Å². The zero-order chi connectivity index (χ0) is 17.6. The minimum Gasteiger partial charge on any atom is -0.377 e. The molecule has 0 aliphatic carbocycles. The maximum atomic E-state index is 12.4. The van der Waals surface area contributed by atoms with Gasteiger partial charge < -0.3 is 20.9 Å². The maximum absolute atomic E-state index is 12.4. The van der Waals surface area contributed by atoms with Crippen molar-refractivity contribution in [2.75, 3.05) is 23.3 Å². The Hall–Kier alpha value is -2.34. The van der Waals surface area contributed by atoms with Crippen molar-refractivity contribution in [1.29, 1.82) is 0 Å². The third-order valence-corrected chi connectivity index (χ3v) is 5.64. The fourth-order valence-corrected chi connectivity index (χ4v) is 4.01. The first-order chi connectivity index (χ1) is 12.0. The summed E-state index contributed by atoms with van der Waals surface area (Å²) in [5.41, 5.74) is 9.54. The number of aromatic amines is 1. The number of benzene rings is 1. The van der Waals surface area contributed by atoms with Crippen LogP contribution in [-0.4, -0.2) is 28.6 Å². The lowest BCUT2D eigenvalue weighted by Crippen LogP contribution is -2.53. The number of nitrogens with zero attached hydrogens (tertiary/aromatic N) is 2. The molecule has 1 saturated heterocycles. The maximum Gasteiger partial charge on any atom is 0.291 e. The summed E-state index contributed by atoms with van der Waals surface area (Å²) in [6.07, 6.45) is 3.55. The fraction of sp³-hybridized carbons (Fsp3) is 0.474. The second-order valence-corrected chi connectivity index (χ2v) is 7.48. The van der Waals surface area contributed by atoms with Crippen molar-refractivity contribution in [3.63, 3.8) is 0 Å². The molecule has 2 aromatic rings. The number of piperidine rings is 1. The van der Waals surface area contributed by atoms with Crippen LogP contribution in [0.4, 0.5) is 11.5 Å². The number of anilines is 2. The van der Waals surface area contributed by atoms with Gasteiger partial charge in [0.25, 0.3) is 5.56 Å². The molecule has 0 amide bonds. The zero-order valence-electron chi connectivity index (χ0n) is 14.7. The van der Waals surface area contributed by atoms with E-state index in [1.807, 2.05) is 26.0 Å². The molecular formula is C19H25N5O. The van der Waals surface area contributed by atoms with Crippen LogP contribution in [0.15, 0.2) is 35.3 Å². The van der Waals surface area contributed by atoms with Gasteiger partial charge in [-0.2, -0.15) is 0 Å². The number of para-hydroxylation sites is 1. The van der Waals surface area contributed by atoms with Crippen LogP contribution in [0, 0.1) is 0 Å². The molecule has 3 heterocycles. The Balaban J connectivity index is 1.52. The highest BCUT2D eigenvalue weighted by Crippen LogP contribution is 2.45. The largest absolute Gasteiger partial charge is 0.377 e. The molecule has 6 heteroatoms. The monoisotopic (exact) mass is 339 g/mol. The lowest BCUT2D eigenvalue weighted by atomic mass is 9.81. The quantitative estimate of drug-likeness (QED) is 0.782. The van der Waals surface area contributed by atoms with Crippen molar-refractivity contribution in [3.05, 3.63) is 52.1 Å². The normalized spacial score (nSPS) is 21.4. The van der Waals surface area contributed by atoms with Crippen LogP contribution < -0.4 is 21.5 Å². The molecule has 1 spiro atoms. The summed E-state index contributed by atoms with van der Waals surface area (Å²) in [4.78, 5) is 21.9. The average molecular weight is 339 g/mol. The van der Waals surface area contributed by atoms with Crippen molar-refractivity contribution in [2.24, 2.45) is 5.73 Å².